The van der Waals surface area contributed by atoms with E-state index in [1.165, 1.54) is 17.4 Å². The van der Waals surface area contributed by atoms with Crippen LogP contribution in [0.4, 0.5) is 4.79 Å². The van der Waals surface area contributed by atoms with Crippen molar-refractivity contribution in [3.8, 4) is 0 Å². The maximum absolute atomic E-state index is 11.8. The predicted molar refractivity (Wildman–Crippen MR) is 85.6 cm³/mol. The lowest BCUT2D eigenvalue weighted by Crippen LogP contribution is -2.30. The minimum absolute atomic E-state index is 0.116. The Balaban J connectivity index is 2.12. The summed E-state index contributed by atoms with van der Waals surface area (Å²) in [5.41, 5.74) is 1.68. The second kappa shape index (κ2) is 8.31. The van der Waals surface area contributed by atoms with Gasteiger partial charge in [0.2, 0.25) is 0 Å². The number of aromatic nitrogens is 1. The van der Waals surface area contributed by atoms with Crippen molar-refractivity contribution in [2.45, 2.75) is 19.1 Å². The van der Waals surface area contributed by atoms with Crippen molar-refractivity contribution in [1.29, 1.82) is 0 Å². The van der Waals surface area contributed by atoms with Crippen LogP contribution in [0.25, 0.3) is 0 Å². The molecule has 2 aromatic rings. The van der Waals surface area contributed by atoms with E-state index in [1.807, 2.05) is 30.3 Å². The van der Waals surface area contributed by atoms with E-state index in [0.29, 0.717) is 12.1 Å². The summed E-state index contributed by atoms with van der Waals surface area (Å²) in [5.74, 6) is 0. The second-order valence-corrected chi connectivity index (χ2v) is 5.50. The van der Waals surface area contributed by atoms with Gasteiger partial charge in [-0.1, -0.05) is 43.0 Å². The van der Waals surface area contributed by atoms with Gasteiger partial charge in [-0.25, -0.2) is 9.78 Å². The molecule has 1 heterocycles. The molecule has 0 saturated carbocycles. The third-order valence-electron chi connectivity index (χ3n) is 2.94. The number of hydrogen-bond donors (Lipinski definition) is 2. The van der Waals surface area contributed by atoms with E-state index in [9.17, 15) is 4.79 Å². The lowest BCUT2D eigenvalue weighted by molar-refractivity contribution is 0.154. The fourth-order valence-electron chi connectivity index (χ4n) is 1.92. The molecule has 6 heteroatoms. The van der Waals surface area contributed by atoms with Gasteiger partial charge in [-0.15, -0.1) is 11.3 Å². The Hall–Kier alpha value is -2.18. The van der Waals surface area contributed by atoms with Crippen LogP contribution in [-0.2, 0) is 17.8 Å². The molecular weight excluding hydrogens is 300 g/mol. The molecule has 0 aliphatic carbocycles. The Kier molecular flexibility index (Phi) is 6.12. The van der Waals surface area contributed by atoms with Crippen LogP contribution >= 0.6 is 11.3 Å². The number of ether oxygens (including phenoxy) is 1. The fraction of sp³-hybridized carbons (Fsp3) is 0.250. The largest absolute Gasteiger partial charge is 0.445 e. The summed E-state index contributed by atoms with van der Waals surface area (Å²) in [6, 6.07) is 9.52. The van der Waals surface area contributed by atoms with Crippen LogP contribution in [0.5, 0.6) is 0 Å². The zero-order valence-corrected chi connectivity index (χ0v) is 12.9. The first-order valence-electron chi connectivity index (χ1n) is 6.86. The molecule has 1 atom stereocenters. The van der Waals surface area contributed by atoms with Crippen molar-refractivity contribution in [3.63, 3.8) is 0 Å². The van der Waals surface area contributed by atoms with Crippen LogP contribution in [0.2, 0.25) is 0 Å². The molecule has 0 radical (unpaired) electrons. The molecule has 0 aliphatic heterocycles. The number of carbonyl (C=O) groups excluding carboxylic acids is 1. The van der Waals surface area contributed by atoms with Gasteiger partial charge in [-0.05, 0) is 12.0 Å². The molecule has 2 N–H and O–H groups in total. The van der Waals surface area contributed by atoms with E-state index < -0.39 is 6.09 Å². The minimum Gasteiger partial charge on any atom is -0.445 e. The zero-order valence-electron chi connectivity index (χ0n) is 12.1. The van der Waals surface area contributed by atoms with Crippen LogP contribution in [0, 0.1) is 0 Å². The van der Waals surface area contributed by atoms with Crippen molar-refractivity contribution in [2.24, 2.45) is 0 Å². The first-order chi connectivity index (χ1) is 10.7. The molecular formula is C16H18N2O3S. The number of amides is 1. The van der Waals surface area contributed by atoms with Gasteiger partial charge in [0.1, 0.15) is 11.6 Å². The Labute approximate surface area is 133 Å². The molecule has 1 aromatic heterocycles. The quantitative estimate of drug-likeness (QED) is 0.770. The van der Waals surface area contributed by atoms with Crippen LogP contribution in [0.1, 0.15) is 22.3 Å². The van der Waals surface area contributed by atoms with E-state index in [-0.39, 0.29) is 19.3 Å². The molecule has 0 fully saturated rings. The summed E-state index contributed by atoms with van der Waals surface area (Å²) in [5, 5.41) is 14.5. The number of hydrogen-bond acceptors (Lipinski definition) is 5. The van der Waals surface area contributed by atoms with Crippen LogP contribution in [-0.4, -0.2) is 22.8 Å². The molecule has 0 aliphatic rings. The normalized spacial score (nSPS) is 11.7. The lowest BCUT2D eigenvalue weighted by atomic mass is 10.1. The molecule has 22 heavy (non-hydrogen) atoms. The number of aliphatic hydroxyl groups is 1. The van der Waals surface area contributed by atoms with Gasteiger partial charge in [0.05, 0.1) is 18.3 Å². The average Bonchev–Trinajstić information content (AvgIpc) is 3.02. The van der Waals surface area contributed by atoms with E-state index in [4.69, 9.17) is 9.84 Å². The van der Waals surface area contributed by atoms with Crippen molar-refractivity contribution in [3.05, 3.63) is 64.6 Å². The lowest BCUT2D eigenvalue weighted by Gasteiger charge is -2.16. The maximum Gasteiger partial charge on any atom is 0.408 e. The second-order valence-electron chi connectivity index (χ2n) is 4.61. The smallest absolute Gasteiger partial charge is 0.408 e. The number of benzene rings is 1. The first-order valence-corrected chi connectivity index (χ1v) is 7.74. The van der Waals surface area contributed by atoms with Gasteiger partial charge in [0.15, 0.2) is 0 Å². The Morgan fingerprint density at radius 3 is 2.86 bits per heavy atom. The summed E-state index contributed by atoms with van der Waals surface area (Å²) in [6.07, 6.45) is 1.60. The monoisotopic (exact) mass is 318 g/mol. The van der Waals surface area contributed by atoms with Crippen molar-refractivity contribution >= 4 is 17.4 Å². The first kappa shape index (κ1) is 16.2. The standard InChI is InChI=1S/C16H18N2O3S/c1-2-8-21-16(20)18-14(9-12-6-4-3-5-7-12)15-17-13(10-19)11-22-15/h2-7,11,14,19H,1,8-10H2,(H,18,20)/t14-/m0/s1. The van der Waals surface area contributed by atoms with Crippen LogP contribution in [0.15, 0.2) is 48.4 Å². The third kappa shape index (κ3) is 4.68. The predicted octanol–water partition coefficient (Wildman–Crippen LogP) is 2.83. The highest BCUT2D eigenvalue weighted by Crippen LogP contribution is 2.22. The molecule has 0 spiro atoms. The molecule has 116 valence electrons. The van der Waals surface area contributed by atoms with Gasteiger partial charge < -0.3 is 15.2 Å². The highest BCUT2D eigenvalue weighted by Gasteiger charge is 2.19. The third-order valence-corrected chi connectivity index (χ3v) is 3.94. The van der Waals surface area contributed by atoms with Gasteiger partial charge in [0, 0.05) is 5.38 Å². The minimum atomic E-state index is -0.512. The highest BCUT2D eigenvalue weighted by molar-refractivity contribution is 7.09. The van der Waals surface area contributed by atoms with Crippen molar-refractivity contribution < 1.29 is 14.6 Å². The van der Waals surface area contributed by atoms with Gasteiger partial charge in [-0.3, -0.25) is 0 Å². The van der Waals surface area contributed by atoms with Gasteiger partial charge in [-0.2, -0.15) is 0 Å². The van der Waals surface area contributed by atoms with Crippen molar-refractivity contribution in [1.82, 2.24) is 10.3 Å². The Morgan fingerprint density at radius 1 is 1.45 bits per heavy atom. The molecule has 0 bridgehead atoms. The molecule has 2 rings (SSSR count). The number of nitrogens with one attached hydrogen (secondary N) is 1. The van der Waals surface area contributed by atoms with Gasteiger partial charge >= 0.3 is 6.09 Å². The number of aliphatic hydroxyl groups excluding tert-OH is 1. The topological polar surface area (TPSA) is 71.5 Å². The molecule has 5 nitrogen and oxygen atoms in total. The van der Waals surface area contributed by atoms with Gasteiger partial charge in [0.25, 0.3) is 0 Å². The van der Waals surface area contributed by atoms with Crippen LogP contribution < -0.4 is 5.32 Å². The maximum atomic E-state index is 11.8. The summed E-state index contributed by atoms with van der Waals surface area (Å²) in [6.45, 7) is 3.55. The number of thiazole rings is 1. The van der Waals surface area contributed by atoms with E-state index in [1.54, 1.807) is 5.38 Å². The SMILES string of the molecule is C=CCOC(=O)N[C@@H](Cc1ccccc1)c1nc(CO)cs1. The van der Waals surface area contributed by atoms with Crippen LogP contribution in [0.3, 0.4) is 0 Å². The fourth-order valence-corrected chi connectivity index (χ4v) is 2.78. The molecule has 0 saturated heterocycles. The molecule has 1 aromatic carbocycles. The molecule has 1 amide bonds. The van der Waals surface area contributed by atoms with E-state index in [0.717, 1.165) is 10.6 Å². The Bertz CT molecular complexity index is 613. The van der Waals surface area contributed by atoms with E-state index in [2.05, 4.69) is 16.9 Å². The van der Waals surface area contributed by atoms with E-state index >= 15 is 0 Å². The number of alkyl carbamates (subject to hydrolysis) is 1. The molecule has 0 unspecified atom stereocenters. The number of rotatable bonds is 7. The summed E-state index contributed by atoms with van der Waals surface area (Å²) < 4.78 is 4.97. The number of carbonyl (C=O) groups is 1. The average molecular weight is 318 g/mol. The Morgan fingerprint density at radius 2 is 2.23 bits per heavy atom. The number of nitrogens with zero attached hydrogens (tertiary/aromatic N) is 1. The summed E-state index contributed by atoms with van der Waals surface area (Å²) >= 11 is 1.41. The highest BCUT2D eigenvalue weighted by atomic mass is 32.1. The zero-order chi connectivity index (χ0) is 15.8. The van der Waals surface area contributed by atoms with Crippen molar-refractivity contribution in [2.75, 3.05) is 6.61 Å². The summed E-state index contributed by atoms with van der Waals surface area (Å²) in [4.78, 5) is 16.1. The summed E-state index contributed by atoms with van der Waals surface area (Å²) in [7, 11) is 0.